The molecule has 14 heteroatoms. The van der Waals surface area contributed by atoms with Gasteiger partial charge in [-0.25, -0.2) is 0 Å². The lowest BCUT2D eigenvalue weighted by Crippen LogP contribution is -2.28. The Bertz CT molecular complexity index is 430. The SMILES string of the molecule is CCOP(=O)([O-])OCC(COP(=O)([O-])OCC)OP(C)(=O)[O-]. The minimum absolute atomic E-state index is 0.184. The predicted octanol–water partition coefficient (Wildman–Crippen LogP) is -0.402. The second-order valence-electron chi connectivity index (χ2n) is 3.82. The van der Waals surface area contributed by atoms with E-state index in [1.54, 1.807) is 0 Å². The van der Waals surface area contributed by atoms with Crippen molar-refractivity contribution in [3.8, 4) is 0 Å². The van der Waals surface area contributed by atoms with E-state index in [0.29, 0.717) is 0 Å². The molecule has 0 saturated heterocycles. The van der Waals surface area contributed by atoms with Gasteiger partial charge in [-0.2, -0.15) is 0 Å². The monoisotopic (exact) mass is 383 g/mol. The van der Waals surface area contributed by atoms with Crippen LogP contribution in [-0.4, -0.2) is 39.2 Å². The third kappa shape index (κ3) is 11.9. The highest BCUT2D eigenvalue weighted by atomic mass is 31.2. The van der Waals surface area contributed by atoms with Crippen molar-refractivity contribution in [1.82, 2.24) is 0 Å². The van der Waals surface area contributed by atoms with E-state index in [9.17, 15) is 28.4 Å². The lowest BCUT2D eigenvalue weighted by molar-refractivity contribution is -0.234. The second kappa shape index (κ2) is 9.61. The molecule has 0 aliphatic rings. The first kappa shape index (κ1) is 22.4. The number of phosphoric acid groups is 2. The maximum absolute atomic E-state index is 11.2. The average Bonchev–Trinajstić information content (AvgIpc) is 2.31. The van der Waals surface area contributed by atoms with E-state index >= 15 is 0 Å². The minimum Gasteiger partial charge on any atom is -0.779 e. The van der Waals surface area contributed by atoms with Crippen molar-refractivity contribution in [1.29, 1.82) is 0 Å². The summed E-state index contributed by atoms with van der Waals surface area (Å²) in [6.45, 7) is 1.53. The first-order valence-corrected chi connectivity index (χ1v) is 11.0. The number of phosphoric ester groups is 2. The molecule has 22 heavy (non-hydrogen) atoms. The summed E-state index contributed by atoms with van der Waals surface area (Å²) in [5.41, 5.74) is 0. The van der Waals surface area contributed by atoms with E-state index in [4.69, 9.17) is 0 Å². The molecule has 0 bridgehead atoms. The number of hydrogen-bond acceptors (Lipinski definition) is 11. The molecule has 0 saturated carbocycles. The molecule has 134 valence electrons. The van der Waals surface area contributed by atoms with Crippen LogP contribution >= 0.6 is 23.2 Å². The van der Waals surface area contributed by atoms with E-state index in [1.807, 2.05) is 0 Å². The van der Waals surface area contributed by atoms with Gasteiger partial charge in [0.2, 0.25) is 0 Å². The Morgan fingerprint density at radius 3 is 1.45 bits per heavy atom. The standard InChI is InChI=1S/C8H21O11P3/c1-4-15-21(11,12)17-6-8(19-20(3,9)10)7-18-22(13,14)16-5-2/h8H,4-7H2,1-3H3,(H,9,10)(H,11,12)(H,13,14)/p-3. The van der Waals surface area contributed by atoms with Crippen LogP contribution < -0.4 is 14.7 Å². The van der Waals surface area contributed by atoms with E-state index in [1.165, 1.54) is 13.8 Å². The van der Waals surface area contributed by atoms with E-state index in [0.717, 1.165) is 6.66 Å². The van der Waals surface area contributed by atoms with E-state index < -0.39 is 42.6 Å². The number of rotatable bonds is 12. The highest BCUT2D eigenvalue weighted by Crippen LogP contribution is 2.42. The minimum atomic E-state index is -4.64. The van der Waals surface area contributed by atoms with E-state index in [2.05, 4.69) is 22.6 Å². The van der Waals surface area contributed by atoms with Gasteiger partial charge in [0.15, 0.2) is 0 Å². The van der Waals surface area contributed by atoms with Crippen LogP contribution in [0.1, 0.15) is 13.8 Å². The van der Waals surface area contributed by atoms with Gasteiger partial charge in [0.05, 0.1) is 26.4 Å². The van der Waals surface area contributed by atoms with Gasteiger partial charge in [-0.1, -0.05) is 0 Å². The lowest BCUT2D eigenvalue weighted by atomic mass is 10.4. The van der Waals surface area contributed by atoms with Gasteiger partial charge in [-0.05, 0) is 13.8 Å². The summed E-state index contributed by atoms with van der Waals surface area (Å²) < 4.78 is 55.3. The van der Waals surface area contributed by atoms with Gasteiger partial charge in [0.25, 0.3) is 15.6 Å². The molecule has 11 nitrogen and oxygen atoms in total. The van der Waals surface area contributed by atoms with Crippen molar-refractivity contribution in [3.63, 3.8) is 0 Å². The van der Waals surface area contributed by atoms with Crippen LogP contribution in [0.4, 0.5) is 0 Å². The van der Waals surface area contributed by atoms with Gasteiger partial charge in [0.1, 0.15) is 13.7 Å². The Balaban J connectivity index is 4.67. The summed E-state index contributed by atoms with van der Waals surface area (Å²) in [7, 11) is -13.6. The first-order valence-electron chi connectivity index (χ1n) is 6.08. The molecule has 0 radical (unpaired) electrons. The van der Waals surface area contributed by atoms with Crippen LogP contribution in [0.15, 0.2) is 0 Å². The predicted molar refractivity (Wildman–Crippen MR) is 68.8 cm³/mol. The van der Waals surface area contributed by atoms with Crippen LogP contribution in [0.3, 0.4) is 0 Å². The molecule has 0 rings (SSSR count). The third-order valence-electron chi connectivity index (χ3n) is 1.75. The largest absolute Gasteiger partial charge is 0.779 e. The number of hydrogen-bond donors (Lipinski definition) is 0. The zero-order valence-electron chi connectivity index (χ0n) is 12.2. The Morgan fingerprint density at radius 2 is 1.18 bits per heavy atom. The Morgan fingerprint density at radius 1 is 0.818 bits per heavy atom. The molecule has 0 N–H and O–H groups in total. The highest BCUT2D eigenvalue weighted by molar-refractivity contribution is 7.50. The normalized spacial score (nSPS) is 21.5. The zero-order valence-corrected chi connectivity index (χ0v) is 14.9. The van der Waals surface area contributed by atoms with Gasteiger partial charge in [0, 0.05) is 6.66 Å². The van der Waals surface area contributed by atoms with Crippen molar-refractivity contribution in [2.24, 2.45) is 0 Å². The summed E-state index contributed by atoms with van der Waals surface area (Å²) in [5, 5.41) is 0. The molecule has 0 heterocycles. The second-order valence-corrected chi connectivity index (χ2v) is 8.40. The van der Waals surface area contributed by atoms with Gasteiger partial charge < -0.3 is 41.9 Å². The molecule has 0 fully saturated rings. The summed E-state index contributed by atoms with van der Waals surface area (Å²) in [5.74, 6) is 0. The smallest absolute Gasteiger partial charge is 0.267 e. The van der Waals surface area contributed by atoms with Crippen LogP contribution in [0.25, 0.3) is 0 Å². The first-order chi connectivity index (χ1) is 9.91. The van der Waals surface area contributed by atoms with Crippen molar-refractivity contribution < 1.29 is 51.0 Å². The fourth-order valence-corrected chi connectivity index (χ4v) is 3.26. The molecule has 0 spiro atoms. The fourth-order valence-electron chi connectivity index (χ4n) is 1.12. The van der Waals surface area contributed by atoms with Crippen LogP contribution in [0, 0.1) is 0 Å². The molecule has 0 aliphatic carbocycles. The summed E-state index contributed by atoms with van der Waals surface area (Å²) in [6, 6.07) is 0. The van der Waals surface area contributed by atoms with Crippen LogP contribution in [0.2, 0.25) is 0 Å². The topological polar surface area (TPSA) is 167 Å². The molecular weight excluding hydrogens is 365 g/mol. The van der Waals surface area contributed by atoms with Crippen molar-refractivity contribution >= 4 is 23.2 Å². The van der Waals surface area contributed by atoms with Crippen LogP contribution in [0.5, 0.6) is 0 Å². The highest BCUT2D eigenvalue weighted by Gasteiger charge is 2.21. The molecule has 3 atom stereocenters. The molecule has 0 aromatic carbocycles. The quantitative estimate of drug-likeness (QED) is 0.402. The molecule has 0 amide bonds. The maximum Gasteiger partial charge on any atom is 0.267 e. The van der Waals surface area contributed by atoms with Crippen molar-refractivity contribution in [3.05, 3.63) is 0 Å². The molecule has 0 aromatic rings. The maximum atomic E-state index is 11.2. The Hall–Kier alpha value is 0.370. The summed E-state index contributed by atoms with van der Waals surface area (Å²) in [6.07, 6.45) is -1.52. The molecule has 3 unspecified atom stereocenters. The lowest BCUT2D eigenvalue weighted by Gasteiger charge is -2.30. The van der Waals surface area contributed by atoms with Gasteiger partial charge in [-0.15, -0.1) is 0 Å². The summed E-state index contributed by atoms with van der Waals surface area (Å²) >= 11 is 0. The fraction of sp³-hybridized carbons (Fsp3) is 1.00. The molecule has 0 aromatic heterocycles. The van der Waals surface area contributed by atoms with Crippen molar-refractivity contribution in [2.45, 2.75) is 20.0 Å². The Kier molecular flexibility index (Phi) is 9.78. The summed E-state index contributed by atoms with van der Waals surface area (Å²) in [4.78, 5) is 33.5. The van der Waals surface area contributed by atoms with Gasteiger partial charge in [-0.3, -0.25) is 9.13 Å². The molecule has 0 aliphatic heterocycles. The van der Waals surface area contributed by atoms with Crippen LogP contribution in [-0.2, 0) is 36.3 Å². The molecular formula is C8H18O11P3-3. The average molecular weight is 383 g/mol. The van der Waals surface area contributed by atoms with Crippen molar-refractivity contribution in [2.75, 3.05) is 33.1 Å². The zero-order chi connectivity index (χ0) is 17.4. The van der Waals surface area contributed by atoms with E-state index in [-0.39, 0.29) is 13.2 Å². The Labute approximate surface area is 128 Å². The third-order valence-corrected chi connectivity index (χ3v) is 4.51. The van der Waals surface area contributed by atoms with Gasteiger partial charge >= 0.3 is 0 Å².